The van der Waals surface area contributed by atoms with E-state index in [9.17, 15) is 9.90 Å². The van der Waals surface area contributed by atoms with Crippen LogP contribution in [0.1, 0.15) is 24.1 Å². The normalized spacial score (nSPS) is 18.5. The van der Waals surface area contributed by atoms with Gasteiger partial charge in [0.25, 0.3) is 0 Å². The van der Waals surface area contributed by atoms with Crippen LogP contribution >= 0.6 is 11.6 Å². The van der Waals surface area contributed by atoms with Crippen LogP contribution in [0.15, 0.2) is 48.8 Å². The Morgan fingerprint density at radius 2 is 2.12 bits per heavy atom. The molecule has 26 heavy (non-hydrogen) atoms. The summed E-state index contributed by atoms with van der Waals surface area (Å²) in [4.78, 5) is 20.5. The molecule has 2 heterocycles. The minimum atomic E-state index is -0.850. The molecule has 2 atom stereocenters. The first-order valence-corrected chi connectivity index (χ1v) is 8.63. The second kappa shape index (κ2) is 6.42. The molecule has 0 saturated carbocycles. The summed E-state index contributed by atoms with van der Waals surface area (Å²) in [5.41, 5.74) is 2.50. The van der Waals surface area contributed by atoms with Gasteiger partial charge in [-0.3, -0.25) is 9.78 Å². The number of halogens is 1. The lowest BCUT2D eigenvalue weighted by molar-refractivity contribution is -0.140. The third kappa shape index (κ3) is 2.80. The molecule has 2 N–H and O–H groups in total. The summed E-state index contributed by atoms with van der Waals surface area (Å²) in [6.45, 7) is 1.89. The number of carboxylic acid groups (broad SMARTS) is 1. The van der Waals surface area contributed by atoms with Crippen LogP contribution in [0.3, 0.4) is 0 Å². The first-order chi connectivity index (χ1) is 12.5. The van der Waals surface area contributed by atoms with E-state index >= 15 is 0 Å². The van der Waals surface area contributed by atoms with Crippen molar-refractivity contribution in [2.24, 2.45) is 5.92 Å². The van der Waals surface area contributed by atoms with Crippen LogP contribution in [0.2, 0.25) is 5.02 Å². The molecule has 0 aliphatic heterocycles. The minimum Gasteiger partial charge on any atom is -0.481 e. The second-order valence-electron chi connectivity index (χ2n) is 6.33. The summed E-state index contributed by atoms with van der Waals surface area (Å²) < 4.78 is 0. The van der Waals surface area contributed by atoms with Gasteiger partial charge in [-0.05, 0) is 24.3 Å². The molecular weight excluding hydrogens is 350 g/mol. The van der Waals surface area contributed by atoms with E-state index in [0.717, 1.165) is 27.7 Å². The predicted octanol–water partition coefficient (Wildman–Crippen LogP) is 4.86. The number of aliphatic carboxylic acids is 1. The minimum absolute atomic E-state index is 0.239. The number of pyridine rings is 2. The van der Waals surface area contributed by atoms with Crippen LogP contribution in [0.5, 0.6) is 0 Å². The van der Waals surface area contributed by atoms with Gasteiger partial charge >= 0.3 is 5.97 Å². The van der Waals surface area contributed by atoms with Crippen molar-refractivity contribution in [1.29, 1.82) is 0 Å². The summed E-state index contributed by atoms with van der Waals surface area (Å²) in [7, 11) is 0. The van der Waals surface area contributed by atoms with Gasteiger partial charge in [0.1, 0.15) is 5.82 Å². The maximum absolute atomic E-state index is 11.5. The Hall–Kier alpha value is -2.92. The quantitative estimate of drug-likeness (QED) is 0.693. The number of nitrogens with one attached hydrogen (secondary N) is 1. The van der Waals surface area contributed by atoms with E-state index < -0.39 is 11.9 Å². The average Bonchev–Trinajstić information content (AvgIpc) is 2.62. The number of hydrogen-bond donors (Lipinski definition) is 2. The molecule has 6 heteroatoms. The largest absolute Gasteiger partial charge is 0.481 e. The molecular formula is C20H16ClN3O2. The number of anilines is 2. The molecule has 0 amide bonds. The number of benzene rings is 1. The number of nitrogens with zero attached hydrogens (tertiary/aromatic N) is 2. The van der Waals surface area contributed by atoms with Gasteiger partial charge in [-0.25, -0.2) is 4.98 Å². The van der Waals surface area contributed by atoms with Gasteiger partial charge in [-0.2, -0.15) is 0 Å². The molecule has 0 fully saturated rings. The standard InChI is InChI=1S/C20H16ClN3O2/c1-11-14(20(25)26)5-6-15-17-10-22-8-7-16(17)19(24-18(11)15)23-13-4-2-3-12(21)9-13/h2-11,14H,1H3,(H,23,24)(H,25,26). The van der Waals surface area contributed by atoms with Crippen LogP contribution < -0.4 is 5.32 Å². The van der Waals surface area contributed by atoms with E-state index in [0.29, 0.717) is 10.8 Å². The van der Waals surface area contributed by atoms with Crippen molar-refractivity contribution < 1.29 is 9.90 Å². The van der Waals surface area contributed by atoms with Crippen LogP contribution in [-0.4, -0.2) is 21.0 Å². The van der Waals surface area contributed by atoms with Gasteiger partial charge in [0.15, 0.2) is 0 Å². The van der Waals surface area contributed by atoms with Crippen molar-refractivity contribution in [3.05, 3.63) is 65.1 Å². The van der Waals surface area contributed by atoms with Crippen LogP contribution in [-0.2, 0) is 4.79 Å². The van der Waals surface area contributed by atoms with Crippen molar-refractivity contribution in [2.45, 2.75) is 12.8 Å². The van der Waals surface area contributed by atoms with Gasteiger partial charge in [0, 0.05) is 45.4 Å². The first-order valence-electron chi connectivity index (χ1n) is 8.26. The van der Waals surface area contributed by atoms with Crippen LogP contribution in [0, 0.1) is 5.92 Å². The zero-order chi connectivity index (χ0) is 18.3. The molecule has 0 bridgehead atoms. The summed E-state index contributed by atoms with van der Waals surface area (Å²) in [6, 6.07) is 9.29. The van der Waals surface area contributed by atoms with Crippen molar-refractivity contribution >= 4 is 45.9 Å². The fourth-order valence-electron chi connectivity index (χ4n) is 3.35. The van der Waals surface area contributed by atoms with Crippen molar-refractivity contribution in [2.75, 3.05) is 5.32 Å². The van der Waals surface area contributed by atoms with E-state index in [4.69, 9.17) is 16.6 Å². The maximum atomic E-state index is 11.5. The Morgan fingerprint density at radius 1 is 1.27 bits per heavy atom. The Morgan fingerprint density at radius 3 is 2.88 bits per heavy atom. The Labute approximate surface area is 155 Å². The molecule has 1 aliphatic rings. The van der Waals surface area contributed by atoms with Gasteiger partial charge in [-0.15, -0.1) is 0 Å². The van der Waals surface area contributed by atoms with Crippen LogP contribution in [0.25, 0.3) is 16.8 Å². The number of hydrogen-bond acceptors (Lipinski definition) is 4. The van der Waals surface area contributed by atoms with E-state index in [2.05, 4.69) is 10.3 Å². The van der Waals surface area contributed by atoms with Crippen molar-refractivity contribution in [1.82, 2.24) is 9.97 Å². The first kappa shape index (κ1) is 16.5. The molecule has 0 spiro atoms. The zero-order valence-corrected chi connectivity index (χ0v) is 14.7. The lowest BCUT2D eigenvalue weighted by atomic mass is 9.82. The lowest BCUT2D eigenvalue weighted by Gasteiger charge is -2.25. The summed E-state index contributed by atoms with van der Waals surface area (Å²) >= 11 is 6.08. The lowest BCUT2D eigenvalue weighted by Crippen LogP contribution is -2.22. The van der Waals surface area contributed by atoms with Crippen LogP contribution in [0.4, 0.5) is 11.5 Å². The molecule has 2 unspecified atom stereocenters. The van der Waals surface area contributed by atoms with Crippen molar-refractivity contribution in [3.63, 3.8) is 0 Å². The highest BCUT2D eigenvalue weighted by Crippen LogP contribution is 2.39. The summed E-state index contributed by atoms with van der Waals surface area (Å²) in [6.07, 6.45) is 7.08. The van der Waals surface area contributed by atoms with Gasteiger partial charge in [0.2, 0.25) is 0 Å². The Bertz CT molecular complexity index is 1050. The Kier molecular flexibility index (Phi) is 4.09. The number of aromatic nitrogens is 2. The topological polar surface area (TPSA) is 75.1 Å². The highest BCUT2D eigenvalue weighted by atomic mass is 35.5. The molecule has 1 aromatic carbocycles. The third-order valence-corrected chi connectivity index (χ3v) is 4.92. The number of rotatable bonds is 3. The SMILES string of the molecule is CC1c2nc(Nc3cccc(Cl)c3)c3ccncc3c2C=CC1C(=O)O. The monoisotopic (exact) mass is 365 g/mol. The Balaban J connectivity index is 1.89. The van der Waals surface area contributed by atoms with Gasteiger partial charge < -0.3 is 10.4 Å². The molecule has 3 aromatic rings. The van der Waals surface area contributed by atoms with E-state index in [1.54, 1.807) is 24.5 Å². The zero-order valence-electron chi connectivity index (χ0n) is 14.0. The molecule has 1 aliphatic carbocycles. The highest BCUT2D eigenvalue weighted by Gasteiger charge is 2.30. The molecule has 0 saturated heterocycles. The molecule has 5 nitrogen and oxygen atoms in total. The number of fused-ring (bicyclic) bond motifs is 3. The smallest absolute Gasteiger partial charge is 0.311 e. The van der Waals surface area contributed by atoms with E-state index in [1.807, 2.05) is 37.3 Å². The summed E-state index contributed by atoms with van der Waals surface area (Å²) in [5, 5.41) is 15.3. The molecule has 2 aromatic heterocycles. The fraction of sp³-hybridized carbons (Fsp3) is 0.150. The highest BCUT2D eigenvalue weighted by molar-refractivity contribution is 6.30. The third-order valence-electron chi connectivity index (χ3n) is 4.69. The second-order valence-corrected chi connectivity index (χ2v) is 6.76. The maximum Gasteiger partial charge on any atom is 0.311 e. The molecule has 0 radical (unpaired) electrons. The van der Waals surface area contributed by atoms with Crippen molar-refractivity contribution in [3.8, 4) is 0 Å². The van der Waals surface area contributed by atoms with Gasteiger partial charge in [0.05, 0.1) is 11.6 Å². The predicted molar refractivity (Wildman–Crippen MR) is 103 cm³/mol. The average molecular weight is 366 g/mol. The molecule has 4 rings (SSSR count). The van der Waals surface area contributed by atoms with Gasteiger partial charge in [-0.1, -0.05) is 36.7 Å². The van der Waals surface area contributed by atoms with E-state index in [-0.39, 0.29) is 5.92 Å². The fourth-order valence-corrected chi connectivity index (χ4v) is 3.54. The molecule has 130 valence electrons. The number of carboxylic acids is 1. The van der Waals surface area contributed by atoms with E-state index in [1.165, 1.54) is 0 Å². The summed E-state index contributed by atoms with van der Waals surface area (Å²) in [5.74, 6) is -1.02. The number of carbonyl (C=O) groups is 1.